The molecule has 0 saturated heterocycles. The fourth-order valence-electron chi connectivity index (χ4n) is 1.59. The van der Waals surface area contributed by atoms with Gasteiger partial charge in [0.15, 0.2) is 0 Å². The van der Waals surface area contributed by atoms with Crippen molar-refractivity contribution in [2.45, 2.75) is 20.3 Å². The molecule has 0 aliphatic rings. The molecule has 1 aromatic carbocycles. The van der Waals surface area contributed by atoms with Crippen molar-refractivity contribution in [1.82, 2.24) is 9.44 Å². The zero-order valence-electron chi connectivity index (χ0n) is 11.6. The van der Waals surface area contributed by atoms with Crippen LogP contribution in [0.5, 0.6) is 0 Å². The van der Waals surface area contributed by atoms with E-state index in [0.717, 1.165) is 0 Å². The number of benzene rings is 1. The number of rotatable bonds is 8. The summed E-state index contributed by atoms with van der Waals surface area (Å²) in [5.74, 6) is -0.791. The highest BCUT2D eigenvalue weighted by molar-refractivity contribution is 7.87. The summed E-state index contributed by atoms with van der Waals surface area (Å²) in [7, 11) is -3.53. The van der Waals surface area contributed by atoms with Gasteiger partial charge in [-0.05, 0) is 24.0 Å². The van der Waals surface area contributed by atoms with Gasteiger partial charge in [0.1, 0.15) is 0 Å². The summed E-state index contributed by atoms with van der Waals surface area (Å²) in [5.41, 5.74) is 0.799. The Kier molecular flexibility index (Phi) is 6.12. The number of carboxylic acids is 1. The average Bonchev–Trinajstić information content (AvgIpc) is 2.37. The van der Waals surface area contributed by atoms with E-state index in [2.05, 4.69) is 9.44 Å². The van der Waals surface area contributed by atoms with Crippen molar-refractivity contribution in [3.05, 3.63) is 35.4 Å². The standard InChI is InChI=1S/C13H20N2O4S/c1-10(2)9-15-20(18,19)14-8-7-11-5-3-4-6-12(11)13(16)17/h3-6,10,14-15H,7-9H2,1-2H3,(H,16,17). The van der Waals surface area contributed by atoms with Crippen LogP contribution in [0.3, 0.4) is 0 Å². The van der Waals surface area contributed by atoms with Crippen molar-refractivity contribution < 1.29 is 18.3 Å². The molecule has 0 radical (unpaired) electrons. The normalized spacial score (nSPS) is 11.8. The lowest BCUT2D eigenvalue weighted by molar-refractivity contribution is 0.0695. The zero-order valence-corrected chi connectivity index (χ0v) is 12.4. The Morgan fingerprint density at radius 1 is 1.25 bits per heavy atom. The van der Waals surface area contributed by atoms with Crippen molar-refractivity contribution >= 4 is 16.2 Å². The van der Waals surface area contributed by atoms with Crippen molar-refractivity contribution in [2.24, 2.45) is 5.92 Å². The Balaban J connectivity index is 2.55. The zero-order chi connectivity index (χ0) is 15.2. The molecule has 1 aromatic rings. The minimum Gasteiger partial charge on any atom is -0.478 e. The fourth-order valence-corrected chi connectivity index (χ4v) is 2.62. The quantitative estimate of drug-likeness (QED) is 0.667. The summed E-state index contributed by atoms with van der Waals surface area (Å²) in [6, 6.07) is 6.55. The number of aromatic carboxylic acids is 1. The highest BCUT2D eigenvalue weighted by atomic mass is 32.2. The number of hydrogen-bond donors (Lipinski definition) is 3. The maximum absolute atomic E-state index is 11.6. The van der Waals surface area contributed by atoms with E-state index in [0.29, 0.717) is 18.5 Å². The third-order valence-electron chi connectivity index (χ3n) is 2.62. The molecule has 112 valence electrons. The molecule has 0 atom stereocenters. The molecule has 0 bridgehead atoms. The first kappa shape index (κ1) is 16.6. The second-order valence-corrected chi connectivity index (χ2v) is 6.44. The molecule has 0 aliphatic heterocycles. The fraction of sp³-hybridized carbons (Fsp3) is 0.462. The van der Waals surface area contributed by atoms with Crippen molar-refractivity contribution in [3.63, 3.8) is 0 Å². The first-order valence-electron chi connectivity index (χ1n) is 6.37. The minimum atomic E-state index is -3.53. The van der Waals surface area contributed by atoms with Crippen LogP contribution in [0.25, 0.3) is 0 Å². The van der Waals surface area contributed by atoms with Crippen molar-refractivity contribution in [3.8, 4) is 0 Å². The van der Waals surface area contributed by atoms with Gasteiger partial charge in [-0.3, -0.25) is 0 Å². The summed E-state index contributed by atoms with van der Waals surface area (Å²) >= 11 is 0. The molecule has 0 heterocycles. The van der Waals surface area contributed by atoms with Gasteiger partial charge in [-0.1, -0.05) is 32.0 Å². The highest BCUT2D eigenvalue weighted by Gasteiger charge is 2.12. The first-order valence-corrected chi connectivity index (χ1v) is 7.85. The Labute approximate surface area is 119 Å². The SMILES string of the molecule is CC(C)CNS(=O)(=O)NCCc1ccccc1C(=O)O. The predicted molar refractivity (Wildman–Crippen MR) is 76.9 cm³/mol. The van der Waals surface area contributed by atoms with E-state index < -0.39 is 16.2 Å². The van der Waals surface area contributed by atoms with Gasteiger partial charge in [-0.25, -0.2) is 14.2 Å². The molecule has 0 aliphatic carbocycles. The third kappa shape index (κ3) is 5.68. The molecular formula is C13H20N2O4S. The molecular weight excluding hydrogens is 280 g/mol. The number of carboxylic acid groups (broad SMARTS) is 1. The Bertz CT molecular complexity index is 555. The summed E-state index contributed by atoms with van der Waals surface area (Å²) in [5, 5.41) is 9.02. The Morgan fingerprint density at radius 3 is 2.50 bits per heavy atom. The average molecular weight is 300 g/mol. The van der Waals surface area contributed by atoms with Crippen LogP contribution in [0.15, 0.2) is 24.3 Å². The van der Waals surface area contributed by atoms with Crippen LogP contribution in [-0.4, -0.2) is 32.6 Å². The van der Waals surface area contributed by atoms with E-state index in [9.17, 15) is 13.2 Å². The molecule has 3 N–H and O–H groups in total. The van der Waals surface area contributed by atoms with E-state index >= 15 is 0 Å². The smallest absolute Gasteiger partial charge is 0.335 e. The van der Waals surface area contributed by atoms with Crippen molar-refractivity contribution in [1.29, 1.82) is 0 Å². The van der Waals surface area contributed by atoms with Gasteiger partial charge in [-0.15, -0.1) is 0 Å². The predicted octanol–water partition coefficient (Wildman–Crippen LogP) is 1.01. The minimum absolute atomic E-state index is 0.151. The lowest BCUT2D eigenvalue weighted by atomic mass is 10.1. The largest absolute Gasteiger partial charge is 0.478 e. The maximum atomic E-state index is 11.6. The first-order chi connectivity index (χ1) is 9.32. The molecule has 0 amide bonds. The van der Waals surface area contributed by atoms with Gasteiger partial charge in [0.05, 0.1) is 5.56 Å². The highest BCUT2D eigenvalue weighted by Crippen LogP contribution is 2.09. The topological polar surface area (TPSA) is 95.5 Å². The molecule has 6 nitrogen and oxygen atoms in total. The molecule has 0 spiro atoms. The maximum Gasteiger partial charge on any atom is 0.335 e. The van der Waals surface area contributed by atoms with Gasteiger partial charge < -0.3 is 5.11 Å². The number of hydrogen-bond acceptors (Lipinski definition) is 3. The third-order valence-corrected chi connectivity index (χ3v) is 3.75. The van der Waals surface area contributed by atoms with Crippen molar-refractivity contribution in [2.75, 3.05) is 13.1 Å². The molecule has 0 fully saturated rings. The van der Waals surface area contributed by atoms with E-state index in [1.165, 1.54) is 6.07 Å². The summed E-state index contributed by atoms with van der Waals surface area (Å²) < 4.78 is 28.0. The summed E-state index contributed by atoms with van der Waals surface area (Å²) in [6.45, 7) is 4.33. The summed E-state index contributed by atoms with van der Waals surface area (Å²) in [4.78, 5) is 11.0. The van der Waals surface area contributed by atoms with E-state index in [4.69, 9.17) is 5.11 Å². The molecule has 0 aromatic heterocycles. The Hall–Kier alpha value is -1.44. The molecule has 0 unspecified atom stereocenters. The van der Waals surface area contributed by atoms with Gasteiger partial charge in [0, 0.05) is 13.1 Å². The molecule has 7 heteroatoms. The van der Waals surface area contributed by atoms with Gasteiger partial charge in [0.25, 0.3) is 10.2 Å². The van der Waals surface area contributed by atoms with Crippen LogP contribution in [0.1, 0.15) is 29.8 Å². The van der Waals surface area contributed by atoms with Crippen LogP contribution >= 0.6 is 0 Å². The second kappa shape index (κ2) is 7.37. The van der Waals surface area contributed by atoms with E-state index in [1.54, 1.807) is 18.2 Å². The Morgan fingerprint density at radius 2 is 1.90 bits per heavy atom. The van der Waals surface area contributed by atoms with Crippen LogP contribution in [0.4, 0.5) is 0 Å². The van der Waals surface area contributed by atoms with Crippen LogP contribution in [0, 0.1) is 5.92 Å². The molecule has 20 heavy (non-hydrogen) atoms. The van der Waals surface area contributed by atoms with Gasteiger partial charge in [-0.2, -0.15) is 8.42 Å². The van der Waals surface area contributed by atoms with Crippen LogP contribution in [-0.2, 0) is 16.6 Å². The van der Waals surface area contributed by atoms with E-state index in [1.807, 2.05) is 13.8 Å². The summed E-state index contributed by atoms with van der Waals surface area (Å²) in [6.07, 6.45) is 0.324. The lowest BCUT2D eigenvalue weighted by Crippen LogP contribution is -2.39. The number of nitrogens with one attached hydrogen (secondary N) is 2. The number of carbonyl (C=O) groups is 1. The molecule has 0 saturated carbocycles. The van der Waals surface area contributed by atoms with Gasteiger partial charge >= 0.3 is 5.97 Å². The monoisotopic (exact) mass is 300 g/mol. The van der Waals surface area contributed by atoms with Gasteiger partial charge in [0.2, 0.25) is 0 Å². The molecule has 1 rings (SSSR count). The van der Waals surface area contributed by atoms with Crippen LogP contribution in [0.2, 0.25) is 0 Å². The second-order valence-electron chi connectivity index (χ2n) is 4.85. The van der Waals surface area contributed by atoms with E-state index in [-0.39, 0.29) is 18.0 Å². The van der Waals surface area contributed by atoms with Crippen LogP contribution < -0.4 is 9.44 Å². The lowest BCUT2D eigenvalue weighted by Gasteiger charge is -2.10.